The maximum Gasteiger partial charge on any atom is 0.340 e. The molecule has 0 saturated carbocycles. The van der Waals surface area contributed by atoms with Gasteiger partial charge in [0.05, 0.1) is 12.0 Å². The Morgan fingerprint density at radius 1 is 1.24 bits per heavy atom. The molecular weight excluding hydrogens is 477 g/mol. The highest BCUT2D eigenvalue weighted by Gasteiger charge is 2.26. The first-order chi connectivity index (χ1) is 18.2. The standard InChI is InChI=1S/C30H40BN3O4/c1-20(17-31(3)37)19-33(4)25-8-9-26-21(2)27(30(36)38-28(26)15-25)16-29(35)34-12-10-23(11-13-34)24-7-5-6-22(14-24)18-32/h5-9,14-15,20,23,37H,10-13,16-19,32H2,1-4H3. The first-order valence-electron chi connectivity index (χ1n) is 13.7. The Kier molecular flexibility index (Phi) is 8.95. The topological polar surface area (TPSA) is 100 Å². The molecular formula is C30H40BN3O4. The van der Waals surface area contributed by atoms with E-state index in [1.54, 1.807) is 6.82 Å². The van der Waals surface area contributed by atoms with Gasteiger partial charge in [-0.1, -0.05) is 38.0 Å². The van der Waals surface area contributed by atoms with Gasteiger partial charge >= 0.3 is 5.63 Å². The fourth-order valence-corrected chi connectivity index (χ4v) is 5.75. The summed E-state index contributed by atoms with van der Waals surface area (Å²) in [4.78, 5) is 30.1. The van der Waals surface area contributed by atoms with Crippen LogP contribution in [0.2, 0.25) is 13.1 Å². The highest BCUT2D eigenvalue weighted by atomic mass is 16.4. The molecule has 202 valence electrons. The lowest BCUT2D eigenvalue weighted by Gasteiger charge is -2.32. The van der Waals surface area contributed by atoms with Crippen LogP contribution in [0.25, 0.3) is 11.0 Å². The number of hydrogen-bond acceptors (Lipinski definition) is 6. The summed E-state index contributed by atoms with van der Waals surface area (Å²) in [6, 6.07) is 14.3. The van der Waals surface area contributed by atoms with Crippen LogP contribution in [0.5, 0.6) is 0 Å². The number of benzene rings is 2. The fraction of sp³-hybridized carbons (Fsp3) is 0.467. The van der Waals surface area contributed by atoms with E-state index in [2.05, 4.69) is 30.0 Å². The Balaban J connectivity index is 1.43. The summed E-state index contributed by atoms with van der Waals surface area (Å²) in [6.45, 7) is 8.14. The lowest BCUT2D eigenvalue weighted by Crippen LogP contribution is -2.39. The summed E-state index contributed by atoms with van der Waals surface area (Å²) in [7, 11) is 2.00. The third-order valence-electron chi connectivity index (χ3n) is 7.87. The summed E-state index contributed by atoms with van der Waals surface area (Å²) >= 11 is 0. The average Bonchev–Trinajstić information content (AvgIpc) is 2.90. The van der Waals surface area contributed by atoms with Gasteiger partial charge in [0.25, 0.3) is 6.92 Å². The van der Waals surface area contributed by atoms with Crippen LogP contribution in [0, 0.1) is 12.8 Å². The molecule has 3 N–H and O–H groups in total. The number of aryl methyl sites for hydroxylation is 1. The maximum absolute atomic E-state index is 13.2. The van der Waals surface area contributed by atoms with Crippen molar-refractivity contribution in [3.63, 3.8) is 0 Å². The molecule has 0 radical (unpaired) electrons. The average molecular weight is 517 g/mol. The van der Waals surface area contributed by atoms with Crippen molar-refractivity contribution in [1.29, 1.82) is 0 Å². The second-order valence-corrected chi connectivity index (χ2v) is 11.0. The highest BCUT2D eigenvalue weighted by Crippen LogP contribution is 2.30. The molecule has 2 aromatic carbocycles. The van der Waals surface area contributed by atoms with E-state index in [9.17, 15) is 14.6 Å². The minimum absolute atomic E-state index is 0.0302. The monoisotopic (exact) mass is 517 g/mol. The van der Waals surface area contributed by atoms with Crippen LogP contribution in [0.4, 0.5) is 5.69 Å². The number of carbonyl (C=O) groups excluding carboxylic acids is 1. The van der Waals surface area contributed by atoms with E-state index >= 15 is 0 Å². The van der Waals surface area contributed by atoms with E-state index < -0.39 is 5.63 Å². The van der Waals surface area contributed by atoms with Crippen LogP contribution in [-0.2, 0) is 17.8 Å². The minimum Gasteiger partial charge on any atom is -0.451 e. The van der Waals surface area contributed by atoms with Crippen molar-refractivity contribution in [3.05, 3.63) is 75.1 Å². The summed E-state index contributed by atoms with van der Waals surface area (Å²) in [5.74, 6) is 0.705. The predicted octanol–water partition coefficient (Wildman–Crippen LogP) is 4.19. The van der Waals surface area contributed by atoms with Crippen molar-refractivity contribution in [2.24, 2.45) is 11.7 Å². The summed E-state index contributed by atoms with van der Waals surface area (Å²) in [5, 5.41) is 10.5. The Morgan fingerprint density at radius 3 is 2.66 bits per heavy atom. The zero-order valence-electron chi connectivity index (χ0n) is 23.1. The lowest BCUT2D eigenvalue weighted by atomic mass is 9.64. The molecule has 7 nitrogen and oxygen atoms in total. The van der Waals surface area contributed by atoms with Crippen LogP contribution >= 0.6 is 0 Å². The molecule has 2 heterocycles. The third-order valence-corrected chi connectivity index (χ3v) is 7.87. The molecule has 1 unspecified atom stereocenters. The Bertz CT molecular complexity index is 1330. The van der Waals surface area contributed by atoms with Gasteiger partial charge < -0.3 is 25.0 Å². The van der Waals surface area contributed by atoms with Gasteiger partial charge in [0, 0.05) is 50.4 Å². The number of likely N-dealkylation sites (tertiary alicyclic amines) is 1. The second kappa shape index (κ2) is 12.2. The molecule has 0 spiro atoms. The van der Waals surface area contributed by atoms with E-state index in [0.29, 0.717) is 42.6 Å². The number of hydrogen-bond donors (Lipinski definition) is 2. The van der Waals surface area contributed by atoms with E-state index in [1.165, 1.54) is 5.56 Å². The summed E-state index contributed by atoms with van der Waals surface area (Å²) < 4.78 is 5.72. The fourth-order valence-electron chi connectivity index (χ4n) is 5.75. The second-order valence-electron chi connectivity index (χ2n) is 11.0. The van der Waals surface area contributed by atoms with Crippen molar-refractivity contribution in [1.82, 2.24) is 4.90 Å². The zero-order chi connectivity index (χ0) is 27.4. The van der Waals surface area contributed by atoms with Crippen LogP contribution in [0.1, 0.15) is 47.9 Å². The molecule has 0 aliphatic carbocycles. The third kappa shape index (κ3) is 6.48. The van der Waals surface area contributed by atoms with E-state index in [4.69, 9.17) is 10.2 Å². The Morgan fingerprint density at radius 2 is 1.97 bits per heavy atom. The van der Waals surface area contributed by atoms with Crippen molar-refractivity contribution < 1.29 is 14.2 Å². The smallest absolute Gasteiger partial charge is 0.340 e. The zero-order valence-corrected chi connectivity index (χ0v) is 23.1. The molecule has 0 bridgehead atoms. The van der Waals surface area contributed by atoms with Gasteiger partial charge in [-0.25, -0.2) is 4.79 Å². The first kappa shape index (κ1) is 27.9. The number of carbonyl (C=O) groups is 1. The maximum atomic E-state index is 13.2. The number of nitrogens with two attached hydrogens (primary N) is 1. The number of rotatable bonds is 9. The Labute approximate surface area is 225 Å². The SMILES string of the molecule is CB(O)CC(C)CN(C)c1ccc2c(C)c(CC(=O)N3CCC(c4cccc(CN)c4)CC3)c(=O)oc2c1. The quantitative estimate of drug-likeness (QED) is 0.326. The summed E-state index contributed by atoms with van der Waals surface area (Å²) in [6.07, 6.45) is 2.58. The molecule has 1 aliphatic rings. The lowest BCUT2D eigenvalue weighted by molar-refractivity contribution is -0.131. The summed E-state index contributed by atoms with van der Waals surface area (Å²) in [5.41, 5.74) is 10.5. The van der Waals surface area contributed by atoms with Gasteiger partial charge in [-0.05, 0) is 66.7 Å². The van der Waals surface area contributed by atoms with E-state index in [0.717, 1.165) is 47.9 Å². The predicted molar refractivity (Wildman–Crippen MR) is 155 cm³/mol. The molecule has 8 heteroatoms. The van der Waals surface area contributed by atoms with Crippen molar-refractivity contribution in [2.45, 2.75) is 58.7 Å². The van der Waals surface area contributed by atoms with Gasteiger partial charge in [-0.2, -0.15) is 0 Å². The van der Waals surface area contributed by atoms with Crippen LogP contribution < -0.4 is 16.3 Å². The molecule has 1 saturated heterocycles. The highest BCUT2D eigenvalue weighted by molar-refractivity contribution is 6.48. The molecule has 1 aliphatic heterocycles. The minimum atomic E-state index is -0.445. The first-order valence-corrected chi connectivity index (χ1v) is 13.7. The van der Waals surface area contributed by atoms with Crippen LogP contribution in [0.3, 0.4) is 0 Å². The molecule has 3 aromatic rings. The van der Waals surface area contributed by atoms with Gasteiger partial charge in [0.2, 0.25) is 5.91 Å². The molecule has 1 aromatic heterocycles. The number of amides is 1. The molecule has 1 amide bonds. The number of anilines is 1. The van der Waals surface area contributed by atoms with E-state index in [1.807, 2.05) is 43.1 Å². The van der Waals surface area contributed by atoms with Gasteiger partial charge in [0.15, 0.2) is 0 Å². The Hall–Kier alpha value is -3.10. The van der Waals surface area contributed by atoms with Gasteiger partial charge in [-0.15, -0.1) is 0 Å². The van der Waals surface area contributed by atoms with Crippen molar-refractivity contribution in [2.75, 3.05) is 31.6 Å². The normalized spacial score (nSPS) is 15.1. The number of piperidine rings is 1. The van der Waals surface area contributed by atoms with Crippen LogP contribution in [-0.4, -0.2) is 49.4 Å². The van der Waals surface area contributed by atoms with Gasteiger partial charge in [0.1, 0.15) is 5.58 Å². The molecule has 38 heavy (non-hydrogen) atoms. The molecule has 4 rings (SSSR count). The van der Waals surface area contributed by atoms with Gasteiger partial charge in [-0.3, -0.25) is 4.79 Å². The van der Waals surface area contributed by atoms with Crippen molar-refractivity contribution in [3.8, 4) is 0 Å². The molecule has 1 atom stereocenters. The number of fused-ring (bicyclic) bond motifs is 1. The van der Waals surface area contributed by atoms with E-state index in [-0.39, 0.29) is 19.2 Å². The van der Waals surface area contributed by atoms with Crippen LogP contribution in [0.15, 0.2) is 51.7 Å². The molecule has 1 fully saturated rings. The number of nitrogens with zero attached hydrogens (tertiary/aromatic N) is 2. The van der Waals surface area contributed by atoms with Crippen molar-refractivity contribution >= 4 is 29.5 Å². The largest absolute Gasteiger partial charge is 0.451 e.